The van der Waals surface area contributed by atoms with Gasteiger partial charge in [-0.15, -0.1) is 0 Å². The summed E-state index contributed by atoms with van der Waals surface area (Å²) in [6.45, 7) is 4.26. The smallest absolute Gasteiger partial charge is 0.231 e. The molecule has 2 fully saturated rings. The lowest BCUT2D eigenvalue weighted by Crippen LogP contribution is -2.08. The zero-order valence-corrected chi connectivity index (χ0v) is 11.7. The Morgan fingerprint density at radius 2 is 2.17 bits per heavy atom. The quantitative estimate of drug-likeness (QED) is 0.908. The fourth-order valence-electron chi connectivity index (χ4n) is 2.86. The van der Waals surface area contributed by atoms with Gasteiger partial charge in [-0.05, 0) is 25.3 Å². The van der Waals surface area contributed by atoms with E-state index in [1.807, 2.05) is 11.8 Å². The maximum atomic E-state index is 5.42. The first-order valence-corrected chi connectivity index (χ1v) is 8.02. The summed E-state index contributed by atoms with van der Waals surface area (Å²) >= 11 is 1.99. The molecule has 1 saturated carbocycles. The summed E-state index contributed by atoms with van der Waals surface area (Å²) in [4.78, 5) is 4.57. The summed E-state index contributed by atoms with van der Waals surface area (Å²) in [5.41, 5.74) is 0. The molecular weight excluding hydrogens is 246 g/mol. The van der Waals surface area contributed by atoms with E-state index in [1.165, 1.54) is 25.7 Å². The molecule has 3 rings (SSSR count). The minimum absolute atomic E-state index is 0.405. The first-order chi connectivity index (χ1) is 8.83. The third-order valence-corrected chi connectivity index (χ3v) is 5.44. The molecule has 1 N–H and O–H groups in total. The molecule has 1 saturated heterocycles. The molecule has 1 aromatic rings. The maximum absolute atomic E-state index is 5.42. The van der Waals surface area contributed by atoms with Crippen molar-refractivity contribution in [3.05, 3.63) is 11.7 Å². The van der Waals surface area contributed by atoms with E-state index in [4.69, 9.17) is 4.52 Å². The van der Waals surface area contributed by atoms with Crippen LogP contribution in [-0.4, -0.2) is 28.5 Å². The fourth-order valence-corrected chi connectivity index (χ4v) is 4.03. The third kappa shape index (κ3) is 2.72. The Balaban J connectivity index is 1.55. The van der Waals surface area contributed by atoms with Crippen molar-refractivity contribution in [2.75, 3.05) is 13.1 Å². The van der Waals surface area contributed by atoms with Gasteiger partial charge in [0.2, 0.25) is 5.89 Å². The second-order valence-corrected chi connectivity index (χ2v) is 6.80. The molecule has 5 heteroatoms. The number of hydrogen-bond acceptors (Lipinski definition) is 5. The van der Waals surface area contributed by atoms with Crippen molar-refractivity contribution in [1.82, 2.24) is 15.5 Å². The molecule has 0 spiro atoms. The number of thioether (sulfide) groups is 1. The Labute approximate surface area is 112 Å². The highest BCUT2D eigenvalue weighted by Gasteiger charge is 2.29. The maximum Gasteiger partial charge on any atom is 0.231 e. The molecule has 18 heavy (non-hydrogen) atoms. The van der Waals surface area contributed by atoms with Gasteiger partial charge < -0.3 is 9.84 Å². The third-order valence-electron chi connectivity index (χ3n) is 4.07. The van der Waals surface area contributed by atoms with Gasteiger partial charge in [-0.25, -0.2) is 0 Å². The van der Waals surface area contributed by atoms with Crippen molar-refractivity contribution >= 4 is 11.8 Å². The number of rotatable bonds is 4. The van der Waals surface area contributed by atoms with Crippen molar-refractivity contribution in [3.63, 3.8) is 0 Å². The average Bonchev–Trinajstić information content (AvgIpc) is 3.07. The molecular formula is C13H21N3OS. The zero-order chi connectivity index (χ0) is 12.4. The number of nitrogens with one attached hydrogen (secondary N) is 1. The van der Waals surface area contributed by atoms with Crippen LogP contribution in [0.2, 0.25) is 0 Å². The molecule has 1 aromatic heterocycles. The molecule has 0 aromatic carbocycles. The molecule has 0 amide bonds. The van der Waals surface area contributed by atoms with Gasteiger partial charge in [-0.2, -0.15) is 16.7 Å². The lowest BCUT2D eigenvalue weighted by Gasteiger charge is -2.07. The first-order valence-electron chi connectivity index (χ1n) is 6.97. The van der Waals surface area contributed by atoms with Gasteiger partial charge in [0.15, 0.2) is 5.82 Å². The molecule has 100 valence electrons. The highest BCUT2D eigenvalue weighted by molar-refractivity contribution is 7.99. The van der Waals surface area contributed by atoms with Gasteiger partial charge in [0.1, 0.15) is 0 Å². The molecule has 4 nitrogen and oxygen atoms in total. The Morgan fingerprint density at radius 3 is 2.89 bits per heavy atom. The number of aromatic nitrogens is 2. The topological polar surface area (TPSA) is 51.0 Å². The predicted octanol–water partition coefficient (Wildman–Crippen LogP) is 2.57. The van der Waals surface area contributed by atoms with Crippen molar-refractivity contribution in [2.45, 2.75) is 49.5 Å². The molecule has 2 atom stereocenters. The molecule has 0 bridgehead atoms. The first kappa shape index (κ1) is 12.5. The van der Waals surface area contributed by atoms with E-state index in [9.17, 15) is 0 Å². The van der Waals surface area contributed by atoms with Crippen molar-refractivity contribution in [3.8, 4) is 0 Å². The molecule has 0 radical (unpaired) electrons. The summed E-state index contributed by atoms with van der Waals surface area (Å²) in [6.07, 6.45) is 5.50. The minimum Gasteiger partial charge on any atom is -0.339 e. The van der Waals surface area contributed by atoms with Crippen LogP contribution in [0, 0.1) is 5.92 Å². The van der Waals surface area contributed by atoms with Crippen LogP contribution in [0.25, 0.3) is 0 Å². The summed E-state index contributed by atoms with van der Waals surface area (Å²) in [5, 5.41) is 8.31. The van der Waals surface area contributed by atoms with Gasteiger partial charge in [0.25, 0.3) is 0 Å². The van der Waals surface area contributed by atoms with Crippen molar-refractivity contribution < 1.29 is 4.52 Å². The van der Waals surface area contributed by atoms with Crippen molar-refractivity contribution in [1.29, 1.82) is 0 Å². The van der Waals surface area contributed by atoms with Crippen LogP contribution in [0.15, 0.2) is 4.52 Å². The van der Waals surface area contributed by atoms with Crippen LogP contribution in [0.1, 0.15) is 50.2 Å². The number of nitrogens with zero attached hydrogens (tertiary/aromatic N) is 2. The van der Waals surface area contributed by atoms with Gasteiger partial charge in [-0.3, -0.25) is 0 Å². The van der Waals surface area contributed by atoms with Gasteiger partial charge in [-0.1, -0.05) is 24.9 Å². The van der Waals surface area contributed by atoms with E-state index in [-0.39, 0.29) is 0 Å². The summed E-state index contributed by atoms with van der Waals surface area (Å²) < 4.78 is 5.42. The van der Waals surface area contributed by atoms with Crippen LogP contribution in [-0.2, 0) is 5.75 Å². The molecule has 1 aliphatic carbocycles. The molecule has 1 aliphatic heterocycles. The van der Waals surface area contributed by atoms with E-state index >= 15 is 0 Å². The Hall–Kier alpha value is -0.550. The largest absolute Gasteiger partial charge is 0.339 e. The SMILES string of the molecule is C[C@@H]1CNC[C@H]1c1nc(CSC2CCCC2)no1. The highest BCUT2D eigenvalue weighted by atomic mass is 32.2. The molecule has 2 aliphatic rings. The van der Waals surface area contributed by atoms with E-state index < -0.39 is 0 Å². The predicted molar refractivity (Wildman–Crippen MR) is 72.6 cm³/mol. The van der Waals surface area contributed by atoms with Crippen LogP contribution in [0.5, 0.6) is 0 Å². The second-order valence-electron chi connectivity index (χ2n) is 5.51. The summed E-state index contributed by atoms with van der Waals surface area (Å²) in [6, 6.07) is 0. The van der Waals surface area contributed by atoms with Crippen LogP contribution in [0.3, 0.4) is 0 Å². The van der Waals surface area contributed by atoms with Crippen molar-refractivity contribution in [2.24, 2.45) is 5.92 Å². The highest BCUT2D eigenvalue weighted by Crippen LogP contribution is 2.32. The summed E-state index contributed by atoms with van der Waals surface area (Å²) in [5.74, 6) is 3.61. The second kappa shape index (κ2) is 5.61. The lowest BCUT2D eigenvalue weighted by atomic mass is 9.98. The van der Waals surface area contributed by atoms with E-state index in [2.05, 4.69) is 22.4 Å². The van der Waals surface area contributed by atoms with Gasteiger partial charge in [0, 0.05) is 11.8 Å². The average molecular weight is 267 g/mol. The lowest BCUT2D eigenvalue weighted by molar-refractivity contribution is 0.337. The molecule has 0 unspecified atom stereocenters. The normalized spacial score (nSPS) is 29.2. The number of hydrogen-bond donors (Lipinski definition) is 1. The van der Waals surface area contributed by atoms with Crippen LogP contribution >= 0.6 is 11.8 Å². The van der Waals surface area contributed by atoms with E-state index in [1.54, 1.807) is 0 Å². The Bertz CT molecular complexity index is 389. The summed E-state index contributed by atoms with van der Waals surface area (Å²) in [7, 11) is 0. The van der Waals surface area contributed by atoms with E-state index in [0.29, 0.717) is 11.8 Å². The van der Waals surface area contributed by atoms with Gasteiger partial charge >= 0.3 is 0 Å². The zero-order valence-electron chi connectivity index (χ0n) is 10.9. The van der Waals surface area contributed by atoms with Gasteiger partial charge in [0.05, 0.1) is 11.7 Å². The van der Waals surface area contributed by atoms with E-state index in [0.717, 1.165) is 35.8 Å². The van der Waals surface area contributed by atoms with Crippen LogP contribution < -0.4 is 5.32 Å². The fraction of sp³-hybridized carbons (Fsp3) is 0.846. The minimum atomic E-state index is 0.405. The molecule has 2 heterocycles. The standard InChI is InChI=1S/C13H21N3OS/c1-9-6-14-7-11(9)13-15-12(16-17-13)8-18-10-4-2-3-5-10/h9-11,14H,2-8H2,1H3/t9-,11-/m1/s1. The van der Waals surface area contributed by atoms with Crippen LogP contribution in [0.4, 0.5) is 0 Å². The Morgan fingerprint density at radius 1 is 1.33 bits per heavy atom. The Kier molecular flexibility index (Phi) is 3.89. The monoisotopic (exact) mass is 267 g/mol.